The normalized spacial score (nSPS) is 17.4. The number of aliphatic imine (C=N–C) groups is 1. The van der Waals surface area contributed by atoms with Gasteiger partial charge in [0.2, 0.25) is 0 Å². The summed E-state index contributed by atoms with van der Waals surface area (Å²) >= 11 is 5.77. The Kier molecular flexibility index (Phi) is 6.11. The lowest BCUT2D eigenvalue weighted by atomic mass is 9.96. The Morgan fingerprint density at radius 1 is 1.13 bits per heavy atom. The van der Waals surface area contributed by atoms with Gasteiger partial charge in [-0.3, -0.25) is 9.79 Å². The van der Waals surface area contributed by atoms with E-state index in [2.05, 4.69) is 15.2 Å². The number of nitrogens with zero attached hydrogens (tertiary/aromatic N) is 2. The predicted octanol–water partition coefficient (Wildman–Crippen LogP) is 4.65. The van der Waals surface area contributed by atoms with Gasteiger partial charge in [-0.1, -0.05) is 17.7 Å². The quantitative estimate of drug-likeness (QED) is 0.672. The summed E-state index contributed by atoms with van der Waals surface area (Å²) in [6.45, 7) is 3.49. The van der Waals surface area contributed by atoms with Gasteiger partial charge in [-0.25, -0.2) is 13.2 Å². The summed E-state index contributed by atoms with van der Waals surface area (Å²) in [4.78, 5) is 19.6. The van der Waals surface area contributed by atoms with E-state index in [0.29, 0.717) is 23.5 Å². The van der Waals surface area contributed by atoms with E-state index in [1.165, 1.54) is 31.0 Å². The van der Waals surface area contributed by atoms with Crippen LogP contribution in [0.5, 0.6) is 0 Å². The number of rotatable bonds is 6. The second kappa shape index (κ2) is 8.78. The average Bonchev–Trinajstić information content (AvgIpc) is 3.38. The van der Waals surface area contributed by atoms with Gasteiger partial charge in [-0.2, -0.15) is 0 Å². The largest absolute Gasteiger partial charge is 0.341 e. The number of nitrogens with one attached hydrogen (secondary N) is 1. The highest BCUT2D eigenvalue weighted by atomic mass is 35.5. The molecule has 0 atom stereocenters. The van der Waals surface area contributed by atoms with Crippen molar-refractivity contribution in [1.82, 2.24) is 4.90 Å². The number of carbonyl (C=O) groups is 1. The van der Waals surface area contributed by atoms with Crippen molar-refractivity contribution in [3.63, 3.8) is 0 Å². The van der Waals surface area contributed by atoms with Crippen molar-refractivity contribution < 1.29 is 18.0 Å². The Bertz CT molecular complexity index is 1020. The van der Waals surface area contributed by atoms with Crippen molar-refractivity contribution in [1.29, 1.82) is 0 Å². The molecule has 1 saturated heterocycles. The molecule has 0 bridgehead atoms. The molecule has 2 aliphatic heterocycles. The van der Waals surface area contributed by atoms with Crippen molar-refractivity contribution in [3.8, 4) is 0 Å². The van der Waals surface area contributed by atoms with Crippen LogP contribution in [0.4, 0.5) is 18.9 Å². The first-order valence-electron chi connectivity index (χ1n) is 9.93. The summed E-state index contributed by atoms with van der Waals surface area (Å²) in [6, 6.07) is 4.91. The van der Waals surface area contributed by atoms with Gasteiger partial charge in [-0.15, -0.1) is 0 Å². The van der Waals surface area contributed by atoms with Crippen LogP contribution in [-0.4, -0.2) is 42.7 Å². The standard InChI is InChI=1S/C22H21ClF3N3O/c23-16-9-13(3-4-17(16)24)10-19(30)14-11-18(25)21(26)22-15(14)12-20(28-22)27-5-8-29-6-1-2-7-29/h3-4,9,11H,1-2,5-8,10,12H2,(H,27,28). The number of fused-ring (bicyclic) bond motifs is 1. The summed E-state index contributed by atoms with van der Waals surface area (Å²) in [7, 11) is 0. The van der Waals surface area contributed by atoms with E-state index in [0.717, 1.165) is 25.7 Å². The van der Waals surface area contributed by atoms with Crippen LogP contribution in [0, 0.1) is 17.5 Å². The summed E-state index contributed by atoms with van der Waals surface area (Å²) in [6.07, 6.45) is 2.52. The molecule has 0 saturated carbocycles. The number of benzene rings is 2. The molecule has 0 aromatic heterocycles. The van der Waals surface area contributed by atoms with E-state index in [1.54, 1.807) is 0 Å². The highest BCUT2D eigenvalue weighted by Gasteiger charge is 2.28. The number of hydrogen-bond donors (Lipinski definition) is 1. The van der Waals surface area contributed by atoms with Gasteiger partial charge in [0.25, 0.3) is 0 Å². The third-order valence-electron chi connectivity index (χ3n) is 5.51. The zero-order valence-corrected chi connectivity index (χ0v) is 17.0. The third kappa shape index (κ3) is 4.37. The average molecular weight is 436 g/mol. The molecule has 0 spiro atoms. The molecule has 30 heavy (non-hydrogen) atoms. The number of halogens is 4. The molecule has 0 aliphatic carbocycles. The van der Waals surface area contributed by atoms with E-state index in [4.69, 9.17) is 11.6 Å². The Hall–Kier alpha value is -2.38. The van der Waals surface area contributed by atoms with Gasteiger partial charge in [-0.05, 0) is 55.3 Å². The summed E-state index contributed by atoms with van der Waals surface area (Å²) < 4.78 is 41.8. The van der Waals surface area contributed by atoms with Gasteiger partial charge < -0.3 is 10.2 Å². The maximum Gasteiger partial charge on any atom is 0.182 e. The van der Waals surface area contributed by atoms with E-state index in [1.807, 2.05) is 0 Å². The highest BCUT2D eigenvalue weighted by Crippen LogP contribution is 2.33. The molecule has 2 heterocycles. The number of hydrogen-bond acceptors (Lipinski definition) is 3. The minimum Gasteiger partial charge on any atom is -0.341 e. The van der Waals surface area contributed by atoms with Gasteiger partial charge >= 0.3 is 0 Å². The van der Waals surface area contributed by atoms with Crippen LogP contribution >= 0.6 is 11.6 Å². The molecule has 0 amide bonds. The topological polar surface area (TPSA) is 44.7 Å². The Balaban J connectivity index is 1.53. The minimum atomic E-state index is -1.10. The molecule has 4 rings (SSSR count). The van der Waals surface area contributed by atoms with E-state index < -0.39 is 23.2 Å². The highest BCUT2D eigenvalue weighted by molar-refractivity contribution is 6.30. The summed E-state index contributed by atoms with van der Waals surface area (Å²) in [5.41, 5.74) is 0.958. The van der Waals surface area contributed by atoms with E-state index >= 15 is 0 Å². The zero-order valence-electron chi connectivity index (χ0n) is 16.3. The fourth-order valence-electron chi connectivity index (χ4n) is 3.94. The first-order valence-corrected chi connectivity index (χ1v) is 10.3. The predicted molar refractivity (Wildman–Crippen MR) is 111 cm³/mol. The van der Waals surface area contributed by atoms with Crippen molar-refractivity contribution in [3.05, 3.63) is 63.4 Å². The fraction of sp³-hybridized carbons (Fsp3) is 0.364. The number of ketones is 1. The summed E-state index contributed by atoms with van der Waals surface area (Å²) in [5.74, 6) is -2.57. The molecular weight excluding hydrogens is 415 g/mol. The lowest BCUT2D eigenvalue weighted by molar-refractivity contribution is 0.0992. The van der Waals surface area contributed by atoms with Crippen LogP contribution in [0.25, 0.3) is 0 Å². The Morgan fingerprint density at radius 2 is 1.90 bits per heavy atom. The SMILES string of the molecule is O=C(Cc1ccc(F)c(Cl)c1)c1cc(F)c(F)c2c1CC(=NCCN1CCCC1)N2. The molecule has 1 fully saturated rings. The minimum absolute atomic E-state index is 0.0320. The van der Waals surface area contributed by atoms with Crippen LogP contribution in [0.3, 0.4) is 0 Å². The molecule has 2 aromatic rings. The number of carbonyl (C=O) groups excluding carboxylic acids is 1. The first-order chi connectivity index (χ1) is 14.4. The van der Waals surface area contributed by atoms with E-state index in [9.17, 15) is 18.0 Å². The summed E-state index contributed by atoms with van der Waals surface area (Å²) in [5, 5.41) is 2.75. The molecule has 1 N–H and O–H groups in total. The lowest BCUT2D eigenvalue weighted by Crippen LogP contribution is -2.23. The lowest BCUT2D eigenvalue weighted by Gasteiger charge is -2.12. The first kappa shape index (κ1) is 20.9. The maximum atomic E-state index is 14.3. The molecule has 2 aliphatic rings. The van der Waals surface area contributed by atoms with Gasteiger partial charge in [0.05, 0.1) is 17.3 Å². The molecule has 8 heteroatoms. The van der Waals surface area contributed by atoms with Gasteiger partial charge in [0, 0.05) is 24.9 Å². The number of amidine groups is 1. The van der Waals surface area contributed by atoms with Crippen LogP contribution < -0.4 is 5.32 Å². The molecule has 4 nitrogen and oxygen atoms in total. The number of likely N-dealkylation sites (tertiary alicyclic amines) is 1. The smallest absolute Gasteiger partial charge is 0.182 e. The van der Waals surface area contributed by atoms with Crippen LogP contribution in [-0.2, 0) is 12.8 Å². The van der Waals surface area contributed by atoms with Gasteiger partial charge in [0.1, 0.15) is 11.7 Å². The van der Waals surface area contributed by atoms with Crippen LogP contribution in [0.2, 0.25) is 5.02 Å². The second-order valence-electron chi connectivity index (χ2n) is 7.60. The van der Waals surface area contributed by atoms with Crippen LogP contribution in [0.1, 0.15) is 34.3 Å². The Morgan fingerprint density at radius 3 is 2.63 bits per heavy atom. The van der Waals surface area contributed by atoms with Gasteiger partial charge in [0.15, 0.2) is 17.4 Å². The number of Topliss-reactive ketones (excluding diaryl/α,β-unsaturated/α-hetero) is 1. The Labute approximate surface area is 177 Å². The second-order valence-corrected chi connectivity index (χ2v) is 8.01. The van der Waals surface area contributed by atoms with Crippen LogP contribution in [0.15, 0.2) is 29.3 Å². The molecule has 0 radical (unpaired) electrons. The van der Waals surface area contributed by atoms with Crippen molar-refractivity contribution in [2.45, 2.75) is 25.7 Å². The maximum absolute atomic E-state index is 14.3. The van der Waals surface area contributed by atoms with Crippen molar-refractivity contribution in [2.24, 2.45) is 4.99 Å². The van der Waals surface area contributed by atoms with Crippen molar-refractivity contribution in [2.75, 3.05) is 31.5 Å². The number of anilines is 1. The zero-order chi connectivity index (χ0) is 21.3. The molecule has 0 unspecified atom stereocenters. The third-order valence-corrected chi connectivity index (χ3v) is 5.80. The molecular formula is C22H21ClF3N3O. The van der Waals surface area contributed by atoms with E-state index in [-0.39, 0.29) is 29.1 Å². The fourth-order valence-corrected chi connectivity index (χ4v) is 4.14. The van der Waals surface area contributed by atoms with Crippen molar-refractivity contribution >= 4 is 28.9 Å². The molecule has 158 valence electrons. The monoisotopic (exact) mass is 435 g/mol. The molecule has 2 aromatic carbocycles.